The Morgan fingerprint density at radius 2 is 2.11 bits per heavy atom. The fourth-order valence-corrected chi connectivity index (χ4v) is 3.25. The van der Waals surface area contributed by atoms with Gasteiger partial charge in [-0.05, 0) is 36.8 Å². The van der Waals surface area contributed by atoms with E-state index in [0.717, 1.165) is 19.5 Å². The van der Waals surface area contributed by atoms with Gasteiger partial charge in [0, 0.05) is 6.54 Å². The van der Waals surface area contributed by atoms with Crippen LogP contribution in [0.1, 0.15) is 38.2 Å². The largest absolute Gasteiger partial charge is 0.480 e. The van der Waals surface area contributed by atoms with Crippen molar-refractivity contribution in [2.24, 2.45) is 5.92 Å². The molecule has 1 aromatic rings. The molecule has 0 aromatic heterocycles. The first kappa shape index (κ1) is 14.1. The molecular weight excluding hydrogens is 238 g/mol. The molecule has 19 heavy (non-hydrogen) atoms. The van der Waals surface area contributed by atoms with Crippen molar-refractivity contribution < 1.29 is 9.90 Å². The molecule has 0 amide bonds. The summed E-state index contributed by atoms with van der Waals surface area (Å²) in [5.41, 5.74) is 1.39. The van der Waals surface area contributed by atoms with Gasteiger partial charge in [0.25, 0.3) is 0 Å². The van der Waals surface area contributed by atoms with Crippen LogP contribution in [0, 0.1) is 5.92 Å². The van der Waals surface area contributed by atoms with Crippen molar-refractivity contribution in [3.8, 4) is 0 Å². The van der Waals surface area contributed by atoms with Crippen LogP contribution in [0.2, 0.25) is 0 Å². The van der Waals surface area contributed by atoms with E-state index in [1.165, 1.54) is 5.56 Å². The molecule has 2 rings (SSSR count). The molecule has 1 aliphatic rings. The Morgan fingerprint density at radius 3 is 2.63 bits per heavy atom. The second-order valence-corrected chi connectivity index (χ2v) is 5.54. The minimum absolute atomic E-state index is 0.320. The van der Waals surface area contributed by atoms with Crippen LogP contribution in [0.5, 0.6) is 0 Å². The van der Waals surface area contributed by atoms with Gasteiger partial charge >= 0.3 is 5.97 Å². The van der Waals surface area contributed by atoms with Gasteiger partial charge in [0.15, 0.2) is 0 Å². The summed E-state index contributed by atoms with van der Waals surface area (Å²) in [6.45, 7) is 5.95. The minimum Gasteiger partial charge on any atom is -0.480 e. The smallest absolute Gasteiger partial charge is 0.320 e. The van der Waals surface area contributed by atoms with Gasteiger partial charge in [0.1, 0.15) is 6.04 Å². The lowest BCUT2D eigenvalue weighted by atomic mass is 9.81. The zero-order valence-electron chi connectivity index (χ0n) is 11.7. The van der Waals surface area contributed by atoms with Gasteiger partial charge in [0.2, 0.25) is 0 Å². The third-order valence-corrected chi connectivity index (χ3v) is 4.28. The van der Waals surface area contributed by atoms with Crippen molar-refractivity contribution in [1.29, 1.82) is 0 Å². The summed E-state index contributed by atoms with van der Waals surface area (Å²) >= 11 is 0. The molecule has 1 fully saturated rings. The van der Waals surface area contributed by atoms with Crippen molar-refractivity contribution in [3.05, 3.63) is 35.9 Å². The number of aliphatic carboxylic acids is 1. The van der Waals surface area contributed by atoms with E-state index in [0.29, 0.717) is 18.3 Å². The highest BCUT2D eigenvalue weighted by molar-refractivity contribution is 5.73. The average molecular weight is 261 g/mol. The van der Waals surface area contributed by atoms with E-state index in [9.17, 15) is 9.90 Å². The molecular formula is C16H23NO2. The Labute approximate surface area is 115 Å². The van der Waals surface area contributed by atoms with Crippen LogP contribution in [0.15, 0.2) is 30.3 Å². The summed E-state index contributed by atoms with van der Waals surface area (Å²) in [6.07, 6.45) is 1.73. The summed E-state index contributed by atoms with van der Waals surface area (Å²) in [4.78, 5) is 13.4. The Morgan fingerprint density at radius 1 is 1.42 bits per heavy atom. The van der Waals surface area contributed by atoms with Crippen LogP contribution >= 0.6 is 0 Å². The van der Waals surface area contributed by atoms with E-state index in [4.69, 9.17) is 0 Å². The lowest BCUT2D eigenvalue weighted by Crippen LogP contribution is -2.47. The second-order valence-electron chi connectivity index (χ2n) is 5.54. The Kier molecular flexibility index (Phi) is 4.59. The third kappa shape index (κ3) is 3.16. The fraction of sp³-hybridized carbons (Fsp3) is 0.562. The Hall–Kier alpha value is -1.35. The fourth-order valence-electron chi connectivity index (χ4n) is 3.25. The SMILES string of the molecule is CC[C@H](C(=O)O)N1CC[C@H](c2ccccc2)[C@@H](C)C1. The van der Waals surface area contributed by atoms with E-state index < -0.39 is 5.97 Å². The highest BCUT2D eigenvalue weighted by Gasteiger charge is 2.32. The lowest BCUT2D eigenvalue weighted by Gasteiger charge is -2.39. The van der Waals surface area contributed by atoms with Crippen molar-refractivity contribution in [1.82, 2.24) is 4.90 Å². The highest BCUT2D eigenvalue weighted by Crippen LogP contribution is 2.33. The van der Waals surface area contributed by atoms with E-state index in [-0.39, 0.29) is 6.04 Å². The van der Waals surface area contributed by atoms with Crippen LogP contribution in [-0.2, 0) is 4.79 Å². The molecule has 0 unspecified atom stereocenters. The average Bonchev–Trinajstić information content (AvgIpc) is 2.40. The number of hydrogen-bond acceptors (Lipinski definition) is 2. The maximum absolute atomic E-state index is 11.2. The van der Waals surface area contributed by atoms with Gasteiger partial charge in [-0.15, -0.1) is 0 Å². The summed E-state index contributed by atoms with van der Waals surface area (Å²) in [7, 11) is 0. The molecule has 3 atom stereocenters. The van der Waals surface area contributed by atoms with Gasteiger partial charge in [-0.3, -0.25) is 9.69 Å². The summed E-state index contributed by atoms with van der Waals surface area (Å²) < 4.78 is 0. The first-order chi connectivity index (χ1) is 9.13. The number of hydrogen-bond donors (Lipinski definition) is 1. The molecule has 0 saturated carbocycles. The van der Waals surface area contributed by atoms with Crippen LogP contribution in [0.4, 0.5) is 0 Å². The van der Waals surface area contributed by atoms with Crippen molar-refractivity contribution in [3.63, 3.8) is 0 Å². The first-order valence-corrected chi connectivity index (χ1v) is 7.15. The first-order valence-electron chi connectivity index (χ1n) is 7.15. The van der Waals surface area contributed by atoms with Gasteiger partial charge in [0.05, 0.1) is 0 Å². The maximum Gasteiger partial charge on any atom is 0.320 e. The summed E-state index contributed by atoms with van der Waals surface area (Å²) in [6, 6.07) is 10.3. The Balaban J connectivity index is 2.04. The van der Waals surface area contributed by atoms with Crippen LogP contribution in [0.25, 0.3) is 0 Å². The summed E-state index contributed by atoms with van der Waals surface area (Å²) in [5, 5.41) is 9.25. The van der Waals surface area contributed by atoms with Gasteiger partial charge < -0.3 is 5.11 Å². The number of rotatable bonds is 4. The van der Waals surface area contributed by atoms with Crippen molar-refractivity contribution in [2.75, 3.05) is 13.1 Å². The summed E-state index contributed by atoms with van der Waals surface area (Å²) in [5.74, 6) is 0.376. The van der Waals surface area contributed by atoms with E-state index in [1.807, 2.05) is 13.0 Å². The topological polar surface area (TPSA) is 40.5 Å². The van der Waals surface area contributed by atoms with Crippen LogP contribution in [0.3, 0.4) is 0 Å². The molecule has 1 N–H and O–H groups in total. The number of carboxylic acid groups (broad SMARTS) is 1. The molecule has 1 aromatic carbocycles. The monoisotopic (exact) mass is 261 g/mol. The molecule has 0 spiro atoms. The molecule has 3 nitrogen and oxygen atoms in total. The molecule has 0 bridgehead atoms. The standard InChI is InChI=1S/C16H23NO2/c1-3-15(16(18)19)17-10-9-14(12(2)11-17)13-7-5-4-6-8-13/h4-8,12,14-15H,3,9-11H2,1-2H3,(H,18,19)/t12-,14-,15+/m0/s1. The molecule has 1 saturated heterocycles. The van der Waals surface area contributed by atoms with E-state index in [1.54, 1.807) is 0 Å². The zero-order valence-corrected chi connectivity index (χ0v) is 11.7. The number of piperidine rings is 1. The number of nitrogens with zero attached hydrogens (tertiary/aromatic N) is 1. The number of benzene rings is 1. The van der Waals surface area contributed by atoms with Gasteiger partial charge in [-0.25, -0.2) is 0 Å². The number of carboxylic acids is 1. The Bertz CT molecular complexity index is 418. The third-order valence-electron chi connectivity index (χ3n) is 4.28. The number of carbonyl (C=O) groups is 1. The van der Waals surface area contributed by atoms with Crippen molar-refractivity contribution in [2.45, 2.75) is 38.6 Å². The second kappa shape index (κ2) is 6.20. The van der Waals surface area contributed by atoms with Crippen LogP contribution in [-0.4, -0.2) is 35.1 Å². The quantitative estimate of drug-likeness (QED) is 0.906. The molecule has 1 heterocycles. The highest BCUT2D eigenvalue weighted by atomic mass is 16.4. The maximum atomic E-state index is 11.2. The molecule has 3 heteroatoms. The predicted molar refractivity (Wildman–Crippen MR) is 76.3 cm³/mol. The molecule has 0 radical (unpaired) electrons. The molecule has 1 aliphatic heterocycles. The van der Waals surface area contributed by atoms with E-state index >= 15 is 0 Å². The molecule has 0 aliphatic carbocycles. The van der Waals surface area contributed by atoms with Crippen molar-refractivity contribution >= 4 is 5.97 Å². The van der Waals surface area contributed by atoms with E-state index in [2.05, 4.69) is 36.1 Å². The zero-order chi connectivity index (χ0) is 13.8. The normalized spacial score (nSPS) is 26.0. The van der Waals surface area contributed by atoms with Crippen LogP contribution < -0.4 is 0 Å². The molecule has 104 valence electrons. The number of likely N-dealkylation sites (tertiary alicyclic amines) is 1. The lowest BCUT2D eigenvalue weighted by molar-refractivity contribution is -0.144. The van der Waals surface area contributed by atoms with Gasteiger partial charge in [-0.1, -0.05) is 44.2 Å². The predicted octanol–water partition coefficient (Wildman–Crippen LogP) is 2.98. The minimum atomic E-state index is -0.687. The van der Waals surface area contributed by atoms with Gasteiger partial charge in [-0.2, -0.15) is 0 Å².